The fraction of sp³-hybridized carbons (Fsp3) is 0.292. The number of esters is 1. The minimum Gasteiger partial charge on any atom is -0.462 e. The van der Waals surface area contributed by atoms with Crippen LogP contribution in [0.3, 0.4) is 0 Å². The average Bonchev–Trinajstić information content (AvgIpc) is 2.81. The molecule has 0 aliphatic carbocycles. The molecule has 1 aliphatic rings. The van der Waals surface area contributed by atoms with Gasteiger partial charge in [0.15, 0.2) is 0 Å². The number of hydrogen-bond donors (Lipinski definition) is 0. The highest BCUT2D eigenvalue weighted by molar-refractivity contribution is 6.31. The van der Waals surface area contributed by atoms with Gasteiger partial charge in [-0.15, -0.1) is 0 Å². The van der Waals surface area contributed by atoms with Gasteiger partial charge in [-0.1, -0.05) is 23.2 Å². The Bertz CT molecular complexity index is 1280. The first-order valence-electron chi connectivity index (χ1n) is 10.6. The number of piperazine rings is 1. The largest absolute Gasteiger partial charge is 0.462 e. The van der Waals surface area contributed by atoms with Crippen LogP contribution in [0.2, 0.25) is 10.0 Å². The van der Waals surface area contributed by atoms with E-state index in [1.165, 1.54) is 4.57 Å². The van der Waals surface area contributed by atoms with Crippen LogP contribution < -0.4 is 10.5 Å². The summed E-state index contributed by atoms with van der Waals surface area (Å²) < 4.78 is 6.65. The molecule has 0 N–H and O–H groups in total. The Morgan fingerprint density at radius 2 is 1.61 bits per heavy atom. The number of aryl methyl sites for hydroxylation is 1. The molecule has 1 fully saturated rings. The van der Waals surface area contributed by atoms with E-state index in [2.05, 4.69) is 0 Å². The highest BCUT2D eigenvalue weighted by atomic mass is 35.5. The molecule has 1 aromatic heterocycles. The van der Waals surface area contributed by atoms with Gasteiger partial charge >= 0.3 is 5.97 Å². The maximum atomic E-state index is 13.2. The van der Waals surface area contributed by atoms with Gasteiger partial charge in [0, 0.05) is 54.2 Å². The van der Waals surface area contributed by atoms with E-state index >= 15 is 0 Å². The fourth-order valence-corrected chi connectivity index (χ4v) is 4.43. The van der Waals surface area contributed by atoms with Crippen LogP contribution in [0.15, 0.2) is 47.3 Å². The van der Waals surface area contributed by atoms with Crippen molar-refractivity contribution in [3.63, 3.8) is 0 Å². The van der Waals surface area contributed by atoms with Crippen molar-refractivity contribution >= 4 is 51.7 Å². The van der Waals surface area contributed by atoms with Gasteiger partial charge in [0.2, 0.25) is 0 Å². The molecule has 2 aromatic carbocycles. The molecule has 7 nitrogen and oxygen atoms in total. The van der Waals surface area contributed by atoms with E-state index in [4.69, 9.17) is 27.9 Å². The Hall–Kier alpha value is -3.03. The summed E-state index contributed by atoms with van der Waals surface area (Å²) in [6.07, 6.45) is 0. The molecular weight excluding hydrogens is 465 g/mol. The number of halogens is 2. The van der Waals surface area contributed by atoms with Crippen LogP contribution in [0.5, 0.6) is 0 Å². The van der Waals surface area contributed by atoms with Crippen molar-refractivity contribution in [3.05, 3.63) is 74.0 Å². The average molecular weight is 488 g/mol. The van der Waals surface area contributed by atoms with E-state index in [0.717, 1.165) is 0 Å². The summed E-state index contributed by atoms with van der Waals surface area (Å²) in [4.78, 5) is 42.6. The zero-order chi connectivity index (χ0) is 23.7. The SMILES string of the molecule is CCOC(=O)c1c(N2CCN(C(=O)c3ccc(Cl)cc3)CC2)c2cc(Cl)ccc2n(C)c1=O. The first kappa shape index (κ1) is 23.1. The van der Waals surface area contributed by atoms with Crippen LogP contribution in [0.1, 0.15) is 27.6 Å². The zero-order valence-corrected chi connectivity index (χ0v) is 19.8. The molecule has 1 saturated heterocycles. The highest BCUT2D eigenvalue weighted by Gasteiger charge is 2.30. The third-order valence-corrected chi connectivity index (χ3v) is 6.27. The summed E-state index contributed by atoms with van der Waals surface area (Å²) in [7, 11) is 1.62. The predicted molar refractivity (Wildman–Crippen MR) is 130 cm³/mol. The lowest BCUT2D eigenvalue weighted by molar-refractivity contribution is 0.0523. The van der Waals surface area contributed by atoms with Crippen molar-refractivity contribution in [1.29, 1.82) is 0 Å². The van der Waals surface area contributed by atoms with Crippen molar-refractivity contribution in [2.24, 2.45) is 7.05 Å². The third-order valence-electron chi connectivity index (χ3n) is 5.78. The highest BCUT2D eigenvalue weighted by Crippen LogP contribution is 2.32. The van der Waals surface area contributed by atoms with Gasteiger partial charge < -0.3 is 19.1 Å². The number of rotatable bonds is 4. The second-order valence-corrected chi connectivity index (χ2v) is 8.63. The van der Waals surface area contributed by atoms with E-state index in [1.807, 2.05) is 4.90 Å². The van der Waals surface area contributed by atoms with E-state index in [9.17, 15) is 14.4 Å². The maximum Gasteiger partial charge on any atom is 0.345 e. The number of ether oxygens (including phenoxy) is 1. The van der Waals surface area contributed by atoms with E-state index in [1.54, 1.807) is 61.3 Å². The molecule has 2 heterocycles. The summed E-state index contributed by atoms with van der Waals surface area (Å²) in [6, 6.07) is 12.0. The fourth-order valence-electron chi connectivity index (χ4n) is 4.13. The van der Waals surface area contributed by atoms with Crippen molar-refractivity contribution in [2.45, 2.75) is 6.92 Å². The number of pyridine rings is 1. The minimum absolute atomic E-state index is 0.0217. The molecule has 4 rings (SSSR count). The molecular formula is C24H23Cl2N3O4. The van der Waals surface area contributed by atoms with Crippen LogP contribution in [-0.2, 0) is 11.8 Å². The summed E-state index contributed by atoms with van der Waals surface area (Å²) in [5.41, 5.74) is 1.26. The number of carbonyl (C=O) groups excluding carboxylic acids is 2. The van der Waals surface area contributed by atoms with Gasteiger partial charge in [-0.25, -0.2) is 4.79 Å². The first-order valence-corrected chi connectivity index (χ1v) is 11.4. The van der Waals surface area contributed by atoms with Crippen molar-refractivity contribution in [1.82, 2.24) is 9.47 Å². The summed E-state index contributed by atoms with van der Waals surface area (Å²) in [5, 5.41) is 1.75. The molecule has 0 spiro atoms. The number of nitrogens with zero attached hydrogens (tertiary/aromatic N) is 3. The number of carbonyl (C=O) groups is 2. The lowest BCUT2D eigenvalue weighted by Gasteiger charge is -2.37. The second kappa shape index (κ2) is 9.45. The van der Waals surface area contributed by atoms with Crippen LogP contribution in [0.25, 0.3) is 10.9 Å². The summed E-state index contributed by atoms with van der Waals surface area (Å²) in [5.74, 6) is -0.761. The van der Waals surface area contributed by atoms with Crippen molar-refractivity contribution in [2.75, 3.05) is 37.7 Å². The lowest BCUT2D eigenvalue weighted by Crippen LogP contribution is -2.49. The molecule has 33 heavy (non-hydrogen) atoms. The Labute approximate surface area is 201 Å². The summed E-state index contributed by atoms with van der Waals surface area (Å²) in [6.45, 7) is 3.60. The second-order valence-electron chi connectivity index (χ2n) is 7.76. The van der Waals surface area contributed by atoms with Crippen molar-refractivity contribution in [3.8, 4) is 0 Å². The molecule has 172 valence electrons. The van der Waals surface area contributed by atoms with Gasteiger partial charge in [0.25, 0.3) is 11.5 Å². The van der Waals surface area contributed by atoms with Gasteiger partial charge in [0.1, 0.15) is 5.56 Å². The number of benzene rings is 2. The molecule has 1 amide bonds. The van der Waals surface area contributed by atoms with Crippen LogP contribution in [0.4, 0.5) is 5.69 Å². The third kappa shape index (κ3) is 4.43. The van der Waals surface area contributed by atoms with Gasteiger partial charge in [0.05, 0.1) is 17.8 Å². The van der Waals surface area contributed by atoms with Gasteiger partial charge in [-0.3, -0.25) is 9.59 Å². The number of aromatic nitrogens is 1. The number of hydrogen-bond acceptors (Lipinski definition) is 5. The smallest absolute Gasteiger partial charge is 0.345 e. The van der Waals surface area contributed by atoms with E-state index in [-0.39, 0.29) is 18.1 Å². The first-order chi connectivity index (χ1) is 15.8. The Balaban J connectivity index is 1.71. The Kier molecular flexibility index (Phi) is 6.63. The lowest BCUT2D eigenvalue weighted by atomic mass is 10.1. The molecule has 0 unspecified atom stereocenters. The molecule has 0 saturated carbocycles. The topological polar surface area (TPSA) is 71.8 Å². The van der Waals surface area contributed by atoms with Crippen LogP contribution in [-0.4, -0.2) is 54.1 Å². The predicted octanol–water partition coefficient (Wildman–Crippen LogP) is 3.98. The number of anilines is 1. The molecule has 0 atom stereocenters. The molecule has 0 bridgehead atoms. The number of fused-ring (bicyclic) bond motifs is 1. The molecule has 9 heteroatoms. The summed E-state index contributed by atoms with van der Waals surface area (Å²) >= 11 is 12.2. The molecule has 1 aliphatic heterocycles. The van der Waals surface area contributed by atoms with Gasteiger partial charge in [-0.05, 0) is 49.4 Å². The number of amides is 1. The molecule has 0 radical (unpaired) electrons. The zero-order valence-electron chi connectivity index (χ0n) is 18.3. The monoisotopic (exact) mass is 487 g/mol. The minimum atomic E-state index is -0.672. The van der Waals surface area contributed by atoms with Crippen LogP contribution in [0, 0.1) is 0 Å². The van der Waals surface area contributed by atoms with E-state index in [0.29, 0.717) is 58.4 Å². The Morgan fingerprint density at radius 1 is 0.970 bits per heavy atom. The van der Waals surface area contributed by atoms with Crippen LogP contribution >= 0.6 is 23.2 Å². The quantitative estimate of drug-likeness (QED) is 0.520. The van der Waals surface area contributed by atoms with Crippen molar-refractivity contribution < 1.29 is 14.3 Å². The standard InChI is InChI=1S/C24H23Cl2N3O4/c1-3-33-24(32)20-21(18-14-17(26)8-9-19(18)27(2)23(20)31)28-10-12-29(13-11-28)22(30)15-4-6-16(25)7-5-15/h4-9,14H,3,10-13H2,1-2H3. The molecule has 3 aromatic rings. The van der Waals surface area contributed by atoms with Gasteiger partial charge in [-0.2, -0.15) is 0 Å². The maximum absolute atomic E-state index is 13.2. The normalized spacial score (nSPS) is 13.9. The van der Waals surface area contributed by atoms with E-state index < -0.39 is 11.5 Å². The Morgan fingerprint density at radius 3 is 2.24 bits per heavy atom.